The van der Waals surface area contributed by atoms with Gasteiger partial charge in [0.05, 0.1) is 0 Å². The lowest BCUT2D eigenvalue weighted by Gasteiger charge is -2.26. The number of ether oxygens (including phenoxy) is 1. The Hall–Kier alpha value is -0.410. The molecule has 12 heavy (non-hydrogen) atoms. The SMILES string of the molecule is CC(=O)CC(N)C1CCOCC1. The number of nitrogens with two attached hydrogens (primary N) is 1. The van der Waals surface area contributed by atoms with Crippen LogP contribution in [0.1, 0.15) is 26.2 Å². The molecule has 0 saturated carbocycles. The number of carbonyl (C=O) groups excluding carboxylic acids is 1. The predicted molar refractivity (Wildman–Crippen MR) is 46.8 cm³/mol. The van der Waals surface area contributed by atoms with Crippen molar-refractivity contribution in [2.45, 2.75) is 32.2 Å². The van der Waals surface area contributed by atoms with Crippen molar-refractivity contribution in [3.05, 3.63) is 0 Å². The van der Waals surface area contributed by atoms with Crippen LogP contribution in [-0.2, 0) is 9.53 Å². The lowest BCUT2D eigenvalue weighted by Crippen LogP contribution is -2.35. The van der Waals surface area contributed by atoms with Gasteiger partial charge in [0.15, 0.2) is 0 Å². The third-order valence-electron chi connectivity index (χ3n) is 2.39. The van der Waals surface area contributed by atoms with Gasteiger partial charge in [-0.2, -0.15) is 0 Å². The Morgan fingerprint density at radius 1 is 1.58 bits per heavy atom. The Morgan fingerprint density at radius 3 is 2.67 bits per heavy atom. The molecule has 1 atom stereocenters. The second-order valence-electron chi connectivity index (χ2n) is 3.52. The van der Waals surface area contributed by atoms with Crippen LogP contribution in [0.4, 0.5) is 0 Å². The molecule has 1 fully saturated rings. The highest BCUT2D eigenvalue weighted by molar-refractivity contribution is 5.76. The van der Waals surface area contributed by atoms with Gasteiger partial charge in [-0.15, -0.1) is 0 Å². The predicted octanol–water partition coefficient (Wildman–Crippen LogP) is 0.719. The topological polar surface area (TPSA) is 52.3 Å². The molecule has 3 heteroatoms. The molecule has 1 aliphatic heterocycles. The highest BCUT2D eigenvalue weighted by atomic mass is 16.5. The van der Waals surface area contributed by atoms with Crippen LogP contribution >= 0.6 is 0 Å². The summed E-state index contributed by atoms with van der Waals surface area (Å²) in [7, 11) is 0. The molecule has 0 aromatic heterocycles. The summed E-state index contributed by atoms with van der Waals surface area (Å²) >= 11 is 0. The van der Waals surface area contributed by atoms with Crippen molar-refractivity contribution >= 4 is 5.78 Å². The van der Waals surface area contributed by atoms with Crippen molar-refractivity contribution < 1.29 is 9.53 Å². The minimum atomic E-state index is 0.0476. The lowest BCUT2D eigenvalue weighted by molar-refractivity contribution is -0.117. The molecule has 0 aromatic carbocycles. The van der Waals surface area contributed by atoms with Gasteiger partial charge >= 0.3 is 0 Å². The van der Waals surface area contributed by atoms with Crippen LogP contribution in [-0.4, -0.2) is 25.0 Å². The largest absolute Gasteiger partial charge is 0.381 e. The molecular formula is C9H17NO2. The van der Waals surface area contributed by atoms with Crippen molar-refractivity contribution in [2.24, 2.45) is 11.7 Å². The first kappa shape index (κ1) is 9.68. The average molecular weight is 171 g/mol. The number of rotatable bonds is 3. The van der Waals surface area contributed by atoms with Gasteiger partial charge in [-0.25, -0.2) is 0 Å². The van der Waals surface area contributed by atoms with E-state index in [1.807, 2.05) is 0 Å². The normalized spacial score (nSPS) is 22.2. The fraction of sp³-hybridized carbons (Fsp3) is 0.889. The van der Waals surface area contributed by atoms with Crippen LogP contribution in [0.5, 0.6) is 0 Å². The quantitative estimate of drug-likeness (QED) is 0.680. The van der Waals surface area contributed by atoms with Crippen molar-refractivity contribution in [3.8, 4) is 0 Å². The van der Waals surface area contributed by atoms with E-state index in [0.29, 0.717) is 12.3 Å². The number of carbonyl (C=O) groups is 1. The van der Waals surface area contributed by atoms with E-state index in [2.05, 4.69) is 0 Å². The monoisotopic (exact) mass is 171 g/mol. The van der Waals surface area contributed by atoms with Gasteiger partial charge in [0.25, 0.3) is 0 Å². The maximum atomic E-state index is 10.8. The summed E-state index contributed by atoms with van der Waals surface area (Å²) in [6, 6.07) is 0.0476. The third kappa shape index (κ3) is 2.91. The number of ketones is 1. The third-order valence-corrected chi connectivity index (χ3v) is 2.39. The van der Waals surface area contributed by atoms with Crippen LogP contribution in [0.3, 0.4) is 0 Å². The first-order valence-corrected chi connectivity index (χ1v) is 4.53. The van der Waals surface area contributed by atoms with Crippen LogP contribution in [0.2, 0.25) is 0 Å². The zero-order chi connectivity index (χ0) is 8.97. The van der Waals surface area contributed by atoms with Crippen molar-refractivity contribution in [1.82, 2.24) is 0 Å². The fourth-order valence-corrected chi connectivity index (χ4v) is 1.64. The Balaban J connectivity index is 2.29. The van der Waals surface area contributed by atoms with E-state index in [9.17, 15) is 4.79 Å². The van der Waals surface area contributed by atoms with E-state index in [1.54, 1.807) is 6.92 Å². The molecule has 70 valence electrons. The van der Waals surface area contributed by atoms with Gasteiger partial charge in [-0.05, 0) is 25.7 Å². The molecule has 2 N–H and O–H groups in total. The number of Topliss-reactive ketones (excluding diaryl/α,β-unsaturated/α-hetero) is 1. The van der Waals surface area contributed by atoms with E-state index in [4.69, 9.17) is 10.5 Å². The highest BCUT2D eigenvalue weighted by Gasteiger charge is 2.21. The van der Waals surface area contributed by atoms with Crippen LogP contribution < -0.4 is 5.73 Å². The molecule has 1 saturated heterocycles. The highest BCUT2D eigenvalue weighted by Crippen LogP contribution is 2.19. The summed E-state index contributed by atoms with van der Waals surface area (Å²) in [6.07, 6.45) is 2.54. The van der Waals surface area contributed by atoms with E-state index in [0.717, 1.165) is 26.1 Å². The van der Waals surface area contributed by atoms with Gasteiger partial charge in [-0.3, -0.25) is 4.79 Å². The van der Waals surface area contributed by atoms with E-state index < -0.39 is 0 Å². The molecule has 0 amide bonds. The minimum absolute atomic E-state index is 0.0476. The van der Waals surface area contributed by atoms with E-state index in [1.165, 1.54) is 0 Å². The molecular weight excluding hydrogens is 154 g/mol. The maximum Gasteiger partial charge on any atom is 0.131 e. The summed E-state index contributed by atoms with van der Waals surface area (Å²) in [4.78, 5) is 10.8. The van der Waals surface area contributed by atoms with Crippen LogP contribution in [0.15, 0.2) is 0 Å². The number of hydrogen-bond acceptors (Lipinski definition) is 3. The minimum Gasteiger partial charge on any atom is -0.381 e. The molecule has 1 rings (SSSR count). The van der Waals surface area contributed by atoms with Gasteiger partial charge in [0, 0.05) is 25.7 Å². The number of hydrogen-bond donors (Lipinski definition) is 1. The molecule has 0 aromatic rings. The van der Waals surface area contributed by atoms with Gasteiger partial charge in [0.2, 0.25) is 0 Å². The average Bonchev–Trinajstić information content (AvgIpc) is 2.05. The fourth-order valence-electron chi connectivity index (χ4n) is 1.64. The first-order chi connectivity index (χ1) is 5.70. The van der Waals surface area contributed by atoms with E-state index >= 15 is 0 Å². The van der Waals surface area contributed by atoms with Crippen molar-refractivity contribution in [1.29, 1.82) is 0 Å². The van der Waals surface area contributed by atoms with Crippen LogP contribution in [0, 0.1) is 5.92 Å². The smallest absolute Gasteiger partial charge is 0.131 e. The van der Waals surface area contributed by atoms with Gasteiger partial charge in [-0.1, -0.05) is 0 Å². The summed E-state index contributed by atoms with van der Waals surface area (Å²) in [5, 5.41) is 0. The van der Waals surface area contributed by atoms with Crippen molar-refractivity contribution in [2.75, 3.05) is 13.2 Å². The molecule has 1 aliphatic rings. The van der Waals surface area contributed by atoms with E-state index in [-0.39, 0.29) is 11.8 Å². The molecule has 0 bridgehead atoms. The maximum absolute atomic E-state index is 10.8. The first-order valence-electron chi connectivity index (χ1n) is 4.53. The zero-order valence-corrected chi connectivity index (χ0v) is 7.58. The second-order valence-corrected chi connectivity index (χ2v) is 3.52. The summed E-state index contributed by atoms with van der Waals surface area (Å²) in [6.45, 7) is 3.20. The Morgan fingerprint density at radius 2 is 2.17 bits per heavy atom. The Kier molecular flexibility index (Phi) is 3.69. The Labute approximate surface area is 73.3 Å². The summed E-state index contributed by atoms with van der Waals surface area (Å²) in [5.74, 6) is 0.677. The molecule has 3 nitrogen and oxygen atoms in total. The molecule has 0 aliphatic carbocycles. The molecule has 0 spiro atoms. The van der Waals surface area contributed by atoms with Crippen LogP contribution in [0.25, 0.3) is 0 Å². The summed E-state index contributed by atoms with van der Waals surface area (Å²) in [5.41, 5.74) is 5.87. The standard InChI is InChI=1S/C9H17NO2/c1-7(11)6-9(10)8-2-4-12-5-3-8/h8-9H,2-6,10H2,1H3. The van der Waals surface area contributed by atoms with Crippen molar-refractivity contribution in [3.63, 3.8) is 0 Å². The van der Waals surface area contributed by atoms with Gasteiger partial charge < -0.3 is 10.5 Å². The summed E-state index contributed by atoms with van der Waals surface area (Å²) < 4.78 is 5.21. The second kappa shape index (κ2) is 4.58. The zero-order valence-electron chi connectivity index (χ0n) is 7.58. The molecule has 0 radical (unpaired) electrons. The Bertz CT molecular complexity index is 153. The molecule has 1 unspecified atom stereocenters. The lowest BCUT2D eigenvalue weighted by atomic mass is 9.89. The molecule has 1 heterocycles. The van der Waals surface area contributed by atoms with Gasteiger partial charge in [0.1, 0.15) is 5.78 Å².